The second kappa shape index (κ2) is 8.17. The van der Waals surface area contributed by atoms with Crippen LogP contribution in [0.4, 0.5) is 0 Å². The number of ether oxygens (including phenoxy) is 1. The van der Waals surface area contributed by atoms with Crippen LogP contribution in [0.5, 0.6) is 5.75 Å². The number of rotatable bonds is 5. The zero-order valence-corrected chi connectivity index (χ0v) is 18.8. The fraction of sp³-hybridized carbons (Fsp3) is 0.154. The Morgan fingerprint density at radius 2 is 1.84 bits per heavy atom. The van der Waals surface area contributed by atoms with Crippen LogP contribution in [0.2, 0.25) is 5.02 Å². The largest absolute Gasteiger partial charge is 0.492 e. The molecule has 2 aromatic carbocycles. The van der Waals surface area contributed by atoms with Crippen molar-refractivity contribution in [2.75, 3.05) is 6.61 Å². The average Bonchev–Trinajstić information content (AvgIpc) is 3.34. The van der Waals surface area contributed by atoms with Crippen LogP contribution < -0.4 is 4.74 Å². The number of halogens is 1. The molecule has 0 aliphatic heterocycles. The normalized spacial score (nSPS) is 11.2. The number of hydrogen-bond acceptors (Lipinski definition) is 4. The van der Waals surface area contributed by atoms with Crippen LogP contribution >= 0.6 is 11.6 Å². The molecule has 3 aromatic heterocycles. The minimum absolute atomic E-state index is 0.542. The maximum atomic E-state index is 6.70. The molecule has 0 amide bonds. The molecule has 0 N–H and O–H groups in total. The molecule has 3 heterocycles. The second-order valence-corrected chi connectivity index (χ2v) is 8.00. The van der Waals surface area contributed by atoms with E-state index >= 15 is 0 Å². The lowest BCUT2D eigenvalue weighted by atomic mass is 10.0. The number of benzene rings is 2. The van der Waals surface area contributed by atoms with Crippen LogP contribution in [-0.2, 0) is 0 Å². The molecule has 0 spiro atoms. The molecule has 0 unspecified atom stereocenters. The van der Waals surface area contributed by atoms with Crippen molar-refractivity contribution in [1.82, 2.24) is 14.7 Å². The van der Waals surface area contributed by atoms with Crippen LogP contribution in [-0.4, -0.2) is 21.3 Å². The van der Waals surface area contributed by atoms with Gasteiger partial charge in [-0.2, -0.15) is 0 Å². The van der Waals surface area contributed by atoms with Gasteiger partial charge in [-0.25, -0.2) is 0 Å². The van der Waals surface area contributed by atoms with Gasteiger partial charge in [0.25, 0.3) is 0 Å². The summed E-state index contributed by atoms with van der Waals surface area (Å²) in [5, 5.41) is 4.71. The van der Waals surface area contributed by atoms with Gasteiger partial charge in [-0.15, -0.1) is 0 Å². The Hall–Kier alpha value is -3.57. The number of fused-ring (bicyclic) bond motifs is 1. The highest BCUT2D eigenvalue weighted by Crippen LogP contribution is 2.39. The topological polar surface area (TPSA) is 53.1 Å². The van der Waals surface area contributed by atoms with Gasteiger partial charge in [0, 0.05) is 29.1 Å². The lowest BCUT2D eigenvalue weighted by Gasteiger charge is -2.14. The minimum Gasteiger partial charge on any atom is -0.492 e. The molecule has 0 fully saturated rings. The zero-order chi connectivity index (χ0) is 22.2. The van der Waals surface area contributed by atoms with E-state index in [2.05, 4.69) is 34.1 Å². The third-order valence-electron chi connectivity index (χ3n) is 5.54. The third kappa shape index (κ3) is 3.35. The Morgan fingerprint density at radius 1 is 1.03 bits per heavy atom. The summed E-state index contributed by atoms with van der Waals surface area (Å²) in [4.78, 5) is 4.87. The highest BCUT2D eigenvalue weighted by atomic mass is 35.5. The number of hydrogen-bond donors (Lipinski definition) is 0. The molecule has 5 aromatic rings. The van der Waals surface area contributed by atoms with E-state index in [1.807, 2.05) is 63.4 Å². The van der Waals surface area contributed by atoms with Gasteiger partial charge >= 0.3 is 0 Å². The van der Waals surface area contributed by atoms with Crippen molar-refractivity contribution in [2.45, 2.75) is 20.8 Å². The lowest BCUT2D eigenvalue weighted by Crippen LogP contribution is -2.01. The van der Waals surface area contributed by atoms with Crippen molar-refractivity contribution in [3.63, 3.8) is 0 Å². The van der Waals surface area contributed by atoms with Crippen LogP contribution in [0.25, 0.3) is 39.0 Å². The number of nitrogens with zero attached hydrogens (tertiary/aromatic N) is 3. The summed E-state index contributed by atoms with van der Waals surface area (Å²) in [5.74, 6) is 1.48. The van der Waals surface area contributed by atoms with E-state index in [0.717, 1.165) is 56.2 Å². The molecule has 0 saturated carbocycles. The molecular weight excluding hydrogens is 422 g/mol. The zero-order valence-electron chi connectivity index (χ0n) is 18.1. The van der Waals surface area contributed by atoms with Gasteiger partial charge in [-0.1, -0.05) is 53.2 Å². The van der Waals surface area contributed by atoms with E-state index in [4.69, 9.17) is 25.8 Å². The van der Waals surface area contributed by atoms with E-state index in [-0.39, 0.29) is 0 Å². The van der Waals surface area contributed by atoms with Crippen molar-refractivity contribution in [2.24, 2.45) is 0 Å². The molecule has 0 saturated heterocycles. The monoisotopic (exact) mass is 443 g/mol. The van der Waals surface area contributed by atoms with E-state index in [1.54, 1.807) is 0 Å². The highest BCUT2D eigenvalue weighted by molar-refractivity contribution is 6.32. The molecule has 0 bridgehead atoms. The van der Waals surface area contributed by atoms with E-state index in [1.165, 1.54) is 0 Å². The van der Waals surface area contributed by atoms with E-state index in [9.17, 15) is 0 Å². The van der Waals surface area contributed by atoms with Gasteiger partial charge in [-0.05, 0) is 44.5 Å². The van der Waals surface area contributed by atoms with Gasteiger partial charge in [0.15, 0.2) is 0 Å². The Balaban J connectivity index is 1.84. The maximum Gasteiger partial charge on any atom is 0.144 e. The molecule has 32 heavy (non-hydrogen) atoms. The Labute approximate surface area is 191 Å². The Kier molecular flexibility index (Phi) is 5.19. The lowest BCUT2D eigenvalue weighted by molar-refractivity contribution is 0.339. The van der Waals surface area contributed by atoms with Crippen LogP contribution in [0, 0.1) is 13.8 Å². The number of pyridine rings is 1. The fourth-order valence-electron chi connectivity index (χ4n) is 4.15. The van der Waals surface area contributed by atoms with Gasteiger partial charge in [0.05, 0.1) is 28.4 Å². The van der Waals surface area contributed by atoms with Crippen LogP contribution in [0.1, 0.15) is 18.4 Å². The third-order valence-corrected chi connectivity index (χ3v) is 5.84. The molecular formula is C26H22ClN3O2. The van der Waals surface area contributed by atoms with Crippen LogP contribution in [0.3, 0.4) is 0 Å². The molecule has 0 atom stereocenters. The predicted molar refractivity (Wildman–Crippen MR) is 128 cm³/mol. The SMILES string of the molecule is CCOc1cccc(Cl)c1-n1cc(-c2ccccc2)c2ncc(-c3c(C)noc3C)cc21. The van der Waals surface area contributed by atoms with Crippen molar-refractivity contribution >= 4 is 22.6 Å². The summed E-state index contributed by atoms with van der Waals surface area (Å²) in [6.07, 6.45) is 3.95. The summed E-state index contributed by atoms with van der Waals surface area (Å²) < 4.78 is 13.4. The summed E-state index contributed by atoms with van der Waals surface area (Å²) in [5.41, 5.74) is 7.44. The summed E-state index contributed by atoms with van der Waals surface area (Å²) in [7, 11) is 0. The molecule has 0 aliphatic rings. The second-order valence-electron chi connectivity index (χ2n) is 7.59. The van der Waals surface area contributed by atoms with Crippen molar-refractivity contribution in [3.05, 3.63) is 83.5 Å². The predicted octanol–water partition coefficient (Wildman–Crippen LogP) is 7.02. The first kappa shape index (κ1) is 20.3. The molecule has 5 nitrogen and oxygen atoms in total. The average molecular weight is 444 g/mol. The molecule has 160 valence electrons. The first-order chi connectivity index (χ1) is 15.6. The fourth-order valence-corrected chi connectivity index (χ4v) is 4.41. The van der Waals surface area contributed by atoms with E-state index < -0.39 is 0 Å². The van der Waals surface area contributed by atoms with Gasteiger partial charge < -0.3 is 13.8 Å². The maximum absolute atomic E-state index is 6.70. The Morgan fingerprint density at radius 3 is 2.56 bits per heavy atom. The van der Waals surface area contributed by atoms with Gasteiger partial charge in [-0.3, -0.25) is 4.98 Å². The highest BCUT2D eigenvalue weighted by Gasteiger charge is 2.20. The van der Waals surface area contributed by atoms with Crippen molar-refractivity contribution in [3.8, 4) is 33.7 Å². The molecule has 0 aliphatic carbocycles. The number of aryl methyl sites for hydroxylation is 2. The quantitative estimate of drug-likeness (QED) is 0.293. The van der Waals surface area contributed by atoms with E-state index in [0.29, 0.717) is 11.6 Å². The molecule has 5 rings (SSSR count). The summed E-state index contributed by atoms with van der Waals surface area (Å²) in [6.45, 7) is 6.35. The summed E-state index contributed by atoms with van der Waals surface area (Å²) in [6, 6.07) is 18.0. The van der Waals surface area contributed by atoms with Gasteiger partial charge in [0.2, 0.25) is 0 Å². The smallest absolute Gasteiger partial charge is 0.144 e. The Bertz CT molecular complexity index is 1400. The van der Waals surface area contributed by atoms with Crippen molar-refractivity contribution in [1.29, 1.82) is 0 Å². The standard InChI is InChI=1S/C26H22ClN3O2/c1-4-31-23-12-8-11-21(27)26(23)30-15-20(18-9-6-5-7-10-18)25-22(30)13-19(14-28-25)24-16(2)29-32-17(24)3/h5-15H,4H2,1-3H3. The van der Waals surface area contributed by atoms with Crippen molar-refractivity contribution < 1.29 is 9.26 Å². The van der Waals surface area contributed by atoms with Crippen LogP contribution in [0.15, 0.2) is 71.5 Å². The first-order valence-corrected chi connectivity index (χ1v) is 10.9. The number of aromatic nitrogens is 3. The summed E-state index contributed by atoms with van der Waals surface area (Å²) >= 11 is 6.70. The molecule has 0 radical (unpaired) electrons. The number of para-hydroxylation sites is 1. The minimum atomic E-state index is 0.542. The first-order valence-electron chi connectivity index (χ1n) is 10.5. The van der Waals surface area contributed by atoms with Gasteiger partial charge in [0.1, 0.15) is 17.2 Å². The molecule has 6 heteroatoms.